The van der Waals surface area contributed by atoms with Gasteiger partial charge in [-0.2, -0.15) is 0 Å². The van der Waals surface area contributed by atoms with Crippen molar-refractivity contribution in [1.29, 1.82) is 0 Å². The molecule has 1 heterocycles. The minimum atomic E-state index is -0.319. The number of hydrogen-bond acceptors (Lipinski definition) is 5. The molecular formula is C27H32N4O3S. The van der Waals surface area contributed by atoms with E-state index in [4.69, 9.17) is 0 Å². The summed E-state index contributed by atoms with van der Waals surface area (Å²) in [7, 11) is 0. The lowest BCUT2D eigenvalue weighted by atomic mass is 10.1. The molecule has 1 aromatic heterocycles. The van der Waals surface area contributed by atoms with E-state index in [0.29, 0.717) is 29.5 Å². The van der Waals surface area contributed by atoms with E-state index in [1.807, 2.05) is 69.3 Å². The molecule has 0 aliphatic heterocycles. The van der Waals surface area contributed by atoms with E-state index in [9.17, 15) is 14.4 Å². The van der Waals surface area contributed by atoms with Crippen LogP contribution in [0, 0.1) is 12.8 Å². The molecule has 2 aromatic carbocycles. The van der Waals surface area contributed by atoms with Crippen LogP contribution >= 0.6 is 11.3 Å². The Morgan fingerprint density at radius 3 is 2.43 bits per heavy atom. The van der Waals surface area contributed by atoms with Crippen LogP contribution in [0.5, 0.6) is 0 Å². The number of aromatic nitrogens is 1. The molecule has 8 heteroatoms. The molecule has 2 N–H and O–H groups in total. The summed E-state index contributed by atoms with van der Waals surface area (Å²) in [5, 5.41) is 7.84. The Hall–Kier alpha value is -3.52. The van der Waals surface area contributed by atoms with E-state index in [2.05, 4.69) is 15.6 Å². The van der Waals surface area contributed by atoms with Crippen molar-refractivity contribution >= 4 is 34.2 Å². The van der Waals surface area contributed by atoms with Crippen molar-refractivity contribution in [2.75, 3.05) is 25.0 Å². The number of nitrogens with one attached hydrogen (secondary N) is 2. The van der Waals surface area contributed by atoms with Gasteiger partial charge in [0.1, 0.15) is 6.54 Å². The quantitative estimate of drug-likeness (QED) is 0.422. The first-order valence-electron chi connectivity index (χ1n) is 11.7. The van der Waals surface area contributed by atoms with Gasteiger partial charge in [0.05, 0.1) is 12.1 Å². The van der Waals surface area contributed by atoms with Gasteiger partial charge < -0.3 is 15.5 Å². The highest BCUT2D eigenvalue weighted by atomic mass is 32.1. The second-order valence-corrected chi connectivity index (χ2v) is 9.71. The highest BCUT2D eigenvalue weighted by Gasteiger charge is 2.21. The molecule has 0 fully saturated rings. The van der Waals surface area contributed by atoms with Crippen molar-refractivity contribution < 1.29 is 14.4 Å². The lowest BCUT2D eigenvalue weighted by molar-refractivity contribution is -0.120. The Bertz CT molecular complexity index is 1140. The van der Waals surface area contributed by atoms with E-state index in [1.165, 1.54) is 16.9 Å². The molecule has 0 aliphatic rings. The summed E-state index contributed by atoms with van der Waals surface area (Å²) in [6.45, 7) is 6.85. The molecule has 0 spiro atoms. The van der Waals surface area contributed by atoms with Crippen molar-refractivity contribution in [1.82, 2.24) is 15.2 Å². The van der Waals surface area contributed by atoms with E-state index >= 15 is 0 Å². The first kappa shape index (κ1) is 26.1. The summed E-state index contributed by atoms with van der Waals surface area (Å²) in [5.74, 6) is -0.390. The standard InChI is InChI=1S/C27H32N4O3S/c1-19(2)16-31(26(34)23-12-8-7-9-20(23)3)17-25(33)30-27-29-22(18-35-27)15-24(32)28-14-13-21-10-5-4-6-11-21/h4-12,18-19H,13-17H2,1-3H3,(H,28,32)(H,29,30,33). The maximum atomic E-state index is 13.1. The topological polar surface area (TPSA) is 91.4 Å². The predicted octanol–water partition coefficient (Wildman–Crippen LogP) is 4.09. The van der Waals surface area contributed by atoms with Gasteiger partial charge >= 0.3 is 0 Å². The first-order valence-corrected chi connectivity index (χ1v) is 12.6. The maximum absolute atomic E-state index is 13.1. The van der Waals surface area contributed by atoms with Crippen molar-refractivity contribution in [2.45, 2.75) is 33.6 Å². The Labute approximate surface area is 210 Å². The summed E-state index contributed by atoms with van der Waals surface area (Å²) in [5.41, 5.74) is 3.23. The van der Waals surface area contributed by atoms with Gasteiger partial charge in [-0.3, -0.25) is 14.4 Å². The molecule has 0 saturated heterocycles. The van der Waals surface area contributed by atoms with Crippen LogP contribution in [0.1, 0.15) is 41.0 Å². The van der Waals surface area contributed by atoms with Gasteiger partial charge in [0.25, 0.3) is 5.91 Å². The Balaban J connectivity index is 1.51. The molecule has 0 radical (unpaired) electrons. The molecule has 0 unspecified atom stereocenters. The van der Waals surface area contributed by atoms with Gasteiger partial charge in [-0.15, -0.1) is 11.3 Å². The second-order valence-electron chi connectivity index (χ2n) is 8.85. The van der Waals surface area contributed by atoms with Crippen molar-refractivity contribution in [2.24, 2.45) is 5.92 Å². The molecule has 0 bridgehead atoms. The third-order valence-corrected chi connectivity index (χ3v) is 6.11. The van der Waals surface area contributed by atoms with Crippen molar-refractivity contribution in [3.05, 3.63) is 82.4 Å². The number of rotatable bonds is 11. The van der Waals surface area contributed by atoms with Crippen LogP contribution in [0.3, 0.4) is 0 Å². The molecule has 3 amide bonds. The largest absolute Gasteiger partial charge is 0.355 e. The number of hydrogen-bond donors (Lipinski definition) is 2. The summed E-state index contributed by atoms with van der Waals surface area (Å²) >= 11 is 1.26. The van der Waals surface area contributed by atoms with Crippen LogP contribution in [0.25, 0.3) is 0 Å². The van der Waals surface area contributed by atoms with E-state index < -0.39 is 0 Å². The molecule has 35 heavy (non-hydrogen) atoms. The average molecular weight is 493 g/mol. The zero-order valence-electron chi connectivity index (χ0n) is 20.4. The Kier molecular flexibility index (Phi) is 9.55. The lowest BCUT2D eigenvalue weighted by Crippen LogP contribution is -2.40. The molecular weight excluding hydrogens is 460 g/mol. The third-order valence-electron chi connectivity index (χ3n) is 5.30. The maximum Gasteiger partial charge on any atom is 0.254 e. The molecule has 7 nitrogen and oxygen atoms in total. The van der Waals surface area contributed by atoms with Crippen LogP contribution in [0.15, 0.2) is 60.0 Å². The second kappa shape index (κ2) is 12.8. The first-order chi connectivity index (χ1) is 16.8. The monoisotopic (exact) mass is 492 g/mol. The van der Waals surface area contributed by atoms with Crippen LogP contribution in [-0.4, -0.2) is 47.2 Å². The minimum Gasteiger partial charge on any atom is -0.355 e. The van der Waals surface area contributed by atoms with Crippen LogP contribution < -0.4 is 10.6 Å². The summed E-state index contributed by atoms with van der Waals surface area (Å²) in [6.07, 6.45) is 0.908. The van der Waals surface area contributed by atoms with Crippen LogP contribution in [-0.2, 0) is 22.4 Å². The zero-order chi connectivity index (χ0) is 25.2. The molecule has 0 saturated carbocycles. The zero-order valence-corrected chi connectivity index (χ0v) is 21.2. The van der Waals surface area contributed by atoms with Gasteiger partial charge in [-0.05, 0) is 36.5 Å². The molecule has 184 valence electrons. The van der Waals surface area contributed by atoms with Gasteiger partial charge in [0.2, 0.25) is 11.8 Å². The van der Waals surface area contributed by atoms with E-state index in [1.54, 1.807) is 16.3 Å². The summed E-state index contributed by atoms with van der Waals surface area (Å²) in [4.78, 5) is 44.0. The average Bonchev–Trinajstić information content (AvgIpc) is 3.25. The van der Waals surface area contributed by atoms with Crippen molar-refractivity contribution in [3.63, 3.8) is 0 Å². The van der Waals surface area contributed by atoms with Gasteiger partial charge in [0, 0.05) is 24.0 Å². The minimum absolute atomic E-state index is 0.0692. The van der Waals surface area contributed by atoms with E-state index in [0.717, 1.165) is 12.0 Å². The van der Waals surface area contributed by atoms with Gasteiger partial charge in [-0.25, -0.2) is 4.98 Å². The van der Waals surface area contributed by atoms with Crippen molar-refractivity contribution in [3.8, 4) is 0 Å². The van der Waals surface area contributed by atoms with Gasteiger partial charge in [-0.1, -0.05) is 62.4 Å². The number of thiazole rings is 1. The number of carbonyl (C=O) groups excluding carboxylic acids is 3. The lowest BCUT2D eigenvalue weighted by Gasteiger charge is -2.24. The molecule has 0 atom stereocenters. The van der Waals surface area contributed by atoms with Crippen LogP contribution in [0.2, 0.25) is 0 Å². The number of carbonyl (C=O) groups is 3. The predicted molar refractivity (Wildman–Crippen MR) is 140 cm³/mol. The number of nitrogens with zero attached hydrogens (tertiary/aromatic N) is 2. The highest BCUT2D eigenvalue weighted by molar-refractivity contribution is 7.13. The van der Waals surface area contributed by atoms with E-state index in [-0.39, 0.29) is 36.6 Å². The SMILES string of the molecule is Cc1ccccc1C(=O)N(CC(=O)Nc1nc(CC(=O)NCCc2ccccc2)cs1)CC(C)C. The number of anilines is 1. The Morgan fingerprint density at radius 1 is 1.00 bits per heavy atom. The normalized spacial score (nSPS) is 10.7. The summed E-state index contributed by atoms with van der Waals surface area (Å²) < 4.78 is 0. The third kappa shape index (κ3) is 8.33. The number of amides is 3. The highest BCUT2D eigenvalue weighted by Crippen LogP contribution is 2.17. The Morgan fingerprint density at radius 2 is 1.71 bits per heavy atom. The number of benzene rings is 2. The molecule has 0 aliphatic carbocycles. The fraction of sp³-hybridized carbons (Fsp3) is 0.333. The fourth-order valence-electron chi connectivity index (χ4n) is 3.64. The number of aryl methyl sites for hydroxylation is 1. The summed E-state index contributed by atoms with van der Waals surface area (Å²) in [6, 6.07) is 17.3. The fourth-order valence-corrected chi connectivity index (χ4v) is 4.37. The van der Waals surface area contributed by atoms with Gasteiger partial charge in [0.15, 0.2) is 5.13 Å². The molecule has 3 rings (SSSR count). The van der Waals surface area contributed by atoms with Crippen LogP contribution in [0.4, 0.5) is 5.13 Å². The molecule has 3 aromatic rings. The smallest absolute Gasteiger partial charge is 0.254 e.